The molecule has 5 heteroatoms. The Morgan fingerprint density at radius 1 is 1.19 bits per heavy atom. The van der Waals surface area contributed by atoms with Gasteiger partial charge in [-0.1, -0.05) is 25.5 Å². The van der Waals surface area contributed by atoms with E-state index in [0.717, 1.165) is 32.4 Å². The van der Waals surface area contributed by atoms with Crippen LogP contribution in [0.25, 0.3) is 0 Å². The molecule has 0 radical (unpaired) electrons. The van der Waals surface area contributed by atoms with Gasteiger partial charge in [0.1, 0.15) is 0 Å². The molecule has 2 rings (SSSR count). The van der Waals surface area contributed by atoms with Crippen LogP contribution in [0.1, 0.15) is 38.2 Å². The Labute approximate surface area is 128 Å². The highest BCUT2D eigenvalue weighted by atomic mass is 32.2. The van der Waals surface area contributed by atoms with E-state index in [1.807, 2.05) is 24.3 Å². The standard InChI is InChI=1S/C16H26N2O2S/c1-2-3-4-14-5-7-16(8-6-14)18-21(19,20)13-15-9-11-17-12-10-15/h5-8,15,17-18H,2-4,9-13H2,1H3. The van der Waals surface area contributed by atoms with Crippen LogP contribution in [-0.4, -0.2) is 27.3 Å². The van der Waals surface area contributed by atoms with Crippen molar-refractivity contribution < 1.29 is 8.42 Å². The van der Waals surface area contributed by atoms with Crippen molar-refractivity contribution in [1.29, 1.82) is 0 Å². The molecular weight excluding hydrogens is 284 g/mol. The van der Waals surface area contributed by atoms with Crippen LogP contribution < -0.4 is 10.0 Å². The minimum Gasteiger partial charge on any atom is -0.317 e. The van der Waals surface area contributed by atoms with Crippen molar-refractivity contribution in [2.45, 2.75) is 39.0 Å². The van der Waals surface area contributed by atoms with Gasteiger partial charge in [0.2, 0.25) is 10.0 Å². The summed E-state index contributed by atoms with van der Waals surface area (Å²) in [5, 5.41) is 3.26. The Kier molecular flexibility index (Phi) is 6.06. The number of hydrogen-bond acceptors (Lipinski definition) is 3. The van der Waals surface area contributed by atoms with Gasteiger partial charge in [0.05, 0.1) is 5.75 Å². The number of sulfonamides is 1. The molecule has 1 aromatic carbocycles. The first kappa shape index (κ1) is 16.3. The van der Waals surface area contributed by atoms with Crippen LogP contribution in [0, 0.1) is 5.92 Å². The van der Waals surface area contributed by atoms with E-state index < -0.39 is 10.0 Å². The fourth-order valence-corrected chi connectivity index (χ4v) is 4.23. The van der Waals surface area contributed by atoms with Crippen LogP contribution in [0.5, 0.6) is 0 Å². The Morgan fingerprint density at radius 2 is 1.86 bits per heavy atom. The summed E-state index contributed by atoms with van der Waals surface area (Å²) < 4.78 is 27.1. The van der Waals surface area contributed by atoms with Crippen LogP contribution >= 0.6 is 0 Å². The third kappa shape index (κ3) is 5.67. The van der Waals surface area contributed by atoms with Crippen LogP contribution in [0.2, 0.25) is 0 Å². The molecule has 1 fully saturated rings. The lowest BCUT2D eigenvalue weighted by Gasteiger charge is -2.22. The molecule has 0 aromatic heterocycles. The Bertz CT molecular complexity index is 520. The number of hydrogen-bond donors (Lipinski definition) is 2. The second-order valence-electron chi connectivity index (χ2n) is 5.88. The molecule has 1 aliphatic rings. The zero-order chi connectivity index (χ0) is 15.1. The van der Waals surface area contributed by atoms with E-state index in [2.05, 4.69) is 17.0 Å². The van der Waals surface area contributed by atoms with Crippen molar-refractivity contribution in [2.24, 2.45) is 5.92 Å². The number of piperidine rings is 1. The van der Waals surface area contributed by atoms with Crippen LogP contribution in [0.15, 0.2) is 24.3 Å². The third-order valence-electron chi connectivity index (χ3n) is 3.96. The Balaban J connectivity index is 1.89. The summed E-state index contributed by atoms with van der Waals surface area (Å²) in [6.07, 6.45) is 5.28. The van der Waals surface area contributed by atoms with E-state index in [-0.39, 0.29) is 11.7 Å². The molecule has 0 spiro atoms. The van der Waals surface area contributed by atoms with E-state index in [0.29, 0.717) is 5.69 Å². The van der Waals surface area contributed by atoms with Gasteiger partial charge in [-0.15, -0.1) is 0 Å². The summed E-state index contributed by atoms with van der Waals surface area (Å²) in [6, 6.07) is 7.76. The van der Waals surface area contributed by atoms with Crippen LogP contribution in [-0.2, 0) is 16.4 Å². The summed E-state index contributed by atoms with van der Waals surface area (Å²) in [5.74, 6) is 0.499. The molecule has 0 amide bonds. The maximum Gasteiger partial charge on any atom is 0.232 e. The number of rotatable bonds is 7. The predicted molar refractivity (Wildman–Crippen MR) is 88.1 cm³/mol. The third-order valence-corrected chi connectivity index (χ3v) is 5.42. The number of benzene rings is 1. The van der Waals surface area contributed by atoms with Gasteiger partial charge >= 0.3 is 0 Å². The van der Waals surface area contributed by atoms with Gasteiger partial charge in [-0.05, 0) is 62.4 Å². The summed E-state index contributed by atoms with van der Waals surface area (Å²) in [7, 11) is -3.24. The molecule has 0 saturated carbocycles. The summed E-state index contributed by atoms with van der Waals surface area (Å²) in [4.78, 5) is 0. The first-order chi connectivity index (χ1) is 10.1. The molecule has 0 atom stereocenters. The molecule has 0 unspecified atom stereocenters. The predicted octanol–water partition coefficient (Wildman–Crippen LogP) is 2.77. The summed E-state index contributed by atoms with van der Waals surface area (Å²) >= 11 is 0. The maximum atomic E-state index is 12.2. The number of anilines is 1. The zero-order valence-corrected chi connectivity index (χ0v) is 13.6. The lowest BCUT2D eigenvalue weighted by molar-refractivity contribution is 0.402. The largest absolute Gasteiger partial charge is 0.317 e. The lowest BCUT2D eigenvalue weighted by atomic mass is 10.0. The minimum atomic E-state index is -3.24. The van der Waals surface area contributed by atoms with Gasteiger partial charge in [-0.25, -0.2) is 8.42 Å². The second-order valence-corrected chi connectivity index (χ2v) is 7.64. The highest BCUT2D eigenvalue weighted by Crippen LogP contribution is 2.17. The maximum absolute atomic E-state index is 12.2. The summed E-state index contributed by atoms with van der Waals surface area (Å²) in [5.41, 5.74) is 1.93. The van der Waals surface area contributed by atoms with E-state index in [9.17, 15) is 8.42 Å². The molecule has 4 nitrogen and oxygen atoms in total. The average Bonchev–Trinajstić information content (AvgIpc) is 2.47. The van der Waals surface area contributed by atoms with Gasteiger partial charge in [-0.3, -0.25) is 4.72 Å². The van der Waals surface area contributed by atoms with Crippen molar-refractivity contribution >= 4 is 15.7 Å². The Hall–Kier alpha value is -1.07. The number of nitrogens with one attached hydrogen (secondary N) is 2. The van der Waals surface area contributed by atoms with Crippen molar-refractivity contribution in [1.82, 2.24) is 5.32 Å². The first-order valence-corrected chi connectivity index (χ1v) is 9.54. The highest BCUT2D eigenvalue weighted by molar-refractivity contribution is 7.92. The molecule has 118 valence electrons. The highest BCUT2D eigenvalue weighted by Gasteiger charge is 2.21. The fraction of sp³-hybridized carbons (Fsp3) is 0.625. The van der Waals surface area contributed by atoms with Gasteiger partial charge in [0.15, 0.2) is 0 Å². The first-order valence-electron chi connectivity index (χ1n) is 7.89. The molecule has 21 heavy (non-hydrogen) atoms. The van der Waals surface area contributed by atoms with E-state index >= 15 is 0 Å². The lowest BCUT2D eigenvalue weighted by Crippen LogP contribution is -2.33. The number of aryl methyl sites for hydroxylation is 1. The van der Waals surface area contributed by atoms with E-state index in [1.54, 1.807) is 0 Å². The Morgan fingerprint density at radius 3 is 2.48 bits per heavy atom. The summed E-state index contributed by atoms with van der Waals surface area (Å²) in [6.45, 7) is 4.02. The van der Waals surface area contributed by atoms with Gasteiger partial charge in [0.25, 0.3) is 0 Å². The number of unbranched alkanes of at least 4 members (excludes halogenated alkanes) is 1. The molecule has 1 heterocycles. The second kappa shape index (κ2) is 7.80. The van der Waals surface area contributed by atoms with E-state index in [1.165, 1.54) is 18.4 Å². The van der Waals surface area contributed by atoms with Gasteiger partial charge in [0, 0.05) is 5.69 Å². The average molecular weight is 310 g/mol. The van der Waals surface area contributed by atoms with Crippen molar-refractivity contribution in [3.8, 4) is 0 Å². The van der Waals surface area contributed by atoms with Gasteiger partial charge < -0.3 is 5.32 Å². The SMILES string of the molecule is CCCCc1ccc(NS(=O)(=O)CC2CCNCC2)cc1. The van der Waals surface area contributed by atoms with Crippen LogP contribution in [0.4, 0.5) is 5.69 Å². The smallest absolute Gasteiger partial charge is 0.232 e. The molecule has 1 aliphatic heterocycles. The van der Waals surface area contributed by atoms with Crippen molar-refractivity contribution in [3.63, 3.8) is 0 Å². The quantitative estimate of drug-likeness (QED) is 0.814. The topological polar surface area (TPSA) is 58.2 Å². The van der Waals surface area contributed by atoms with Crippen molar-refractivity contribution in [2.75, 3.05) is 23.6 Å². The minimum absolute atomic E-state index is 0.228. The fourth-order valence-electron chi connectivity index (χ4n) is 2.70. The molecule has 0 bridgehead atoms. The monoisotopic (exact) mass is 310 g/mol. The molecule has 1 saturated heterocycles. The molecule has 2 N–H and O–H groups in total. The van der Waals surface area contributed by atoms with Crippen molar-refractivity contribution in [3.05, 3.63) is 29.8 Å². The van der Waals surface area contributed by atoms with Crippen LogP contribution in [0.3, 0.4) is 0 Å². The zero-order valence-electron chi connectivity index (χ0n) is 12.8. The molecule has 1 aromatic rings. The van der Waals surface area contributed by atoms with Gasteiger partial charge in [-0.2, -0.15) is 0 Å². The normalized spacial score (nSPS) is 16.8. The molecule has 0 aliphatic carbocycles. The van der Waals surface area contributed by atoms with E-state index in [4.69, 9.17) is 0 Å². The molecular formula is C16H26N2O2S.